The fraction of sp³-hybridized carbons (Fsp3) is 0.500. The summed E-state index contributed by atoms with van der Waals surface area (Å²) in [6.07, 6.45) is 1.84. The second kappa shape index (κ2) is 4.04. The number of pyridine rings is 2. The van der Waals surface area contributed by atoms with Crippen molar-refractivity contribution >= 4 is 10.9 Å². The van der Waals surface area contributed by atoms with Crippen LogP contribution in [0.4, 0.5) is 0 Å². The summed E-state index contributed by atoms with van der Waals surface area (Å²) in [4.78, 5) is 9.39. The van der Waals surface area contributed by atoms with Crippen molar-refractivity contribution in [3.63, 3.8) is 0 Å². The lowest BCUT2D eigenvalue weighted by Gasteiger charge is -2.24. The van der Waals surface area contributed by atoms with E-state index in [1.165, 1.54) is 5.39 Å². The minimum absolute atomic E-state index is 0.00780. The molecule has 0 saturated carbocycles. The van der Waals surface area contributed by atoms with E-state index in [-0.39, 0.29) is 10.8 Å². The molecule has 0 bridgehead atoms. The van der Waals surface area contributed by atoms with Gasteiger partial charge in [-0.3, -0.25) is 9.97 Å². The molecule has 0 aliphatic rings. The van der Waals surface area contributed by atoms with Crippen LogP contribution in [0.2, 0.25) is 0 Å². The van der Waals surface area contributed by atoms with Gasteiger partial charge in [0.1, 0.15) is 0 Å². The second-order valence-corrected chi connectivity index (χ2v) is 6.93. The number of hydrogen-bond acceptors (Lipinski definition) is 2. The molecule has 0 unspecified atom stereocenters. The highest BCUT2D eigenvalue weighted by Gasteiger charge is 2.24. The van der Waals surface area contributed by atoms with E-state index in [4.69, 9.17) is 4.98 Å². The summed E-state index contributed by atoms with van der Waals surface area (Å²) in [6, 6.07) is 6.27. The molecular weight excluding hydrogens is 220 g/mol. The van der Waals surface area contributed by atoms with Gasteiger partial charge >= 0.3 is 0 Å². The number of rotatable bonds is 0. The van der Waals surface area contributed by atoms with Gasteiger partial charge in [0.2, 0.25) is 0 Å². The van der Waals surface area contributed by atoms with Crippen LogP contribution in [0.1, 0.15) is 52.9 Å². The Hall–Kier alpha value is -1.44. The van der Waals surface area contributed by atoms with E-state index in [2.05, 4.69) is 58.7 Å². The predicted octanol–water partition coefficient (Wildman–Crippen LogP) is 4.22. The van der Waals surface area contributed by atoms with E-state index in [1.807, 2.05) is 12.3 Å². The first-order chi connectivity index (χ1) is 8.19. The van der Waals surface area contributed by atoms with Crippen molar-refractivity contribution < 1.29 is 0 Å². The van der Waals surface area contributed by atoms with Crippen LogP contribution < -0.4 is 0 Å². The SMILES string of the molecule is CC(C)(C)c1cc2cccnc2c(C(C)(C)C)n1. The molecule has 2 rings (SSSR count). The Morgan fingerprint density at radius 2 is 1.61 bits per heavy atom. The molecule has 2 nitrogen and oxygen atoms in total. The summed E-state index contributed by atoms with van der Waals surface area (Å²) in [7, 11) is 0. The van der Waals surface area contributed by atoms with E-state index in [1.54, 1.807) is 0 Å². The molecule has 0 amide bonds. The van der Waals surface area contributed by atoms with Crippen molar-refractivity contribution in [3.05, 3.63) is 35.8 Å². The maximum absolute atomic E-state index is 4.88. The summed E-state index contributed by atoms with van der Waals surface area (Å²) in [5.41, 5.74) is 3.31. The Morgan fingerprint density at radius 3 is 2.17 bits per heavy atom. The molecule has 2 heterocycles. The molecule has 96 valence electrons. The first-order valence-corrected chi connectivity index (χ1v) is 6.46. The van der Waals surface area contributed by atoms with E-state index >= 15 is 0 Å². The molecule has 0 aromatic carbocycles. The van der Waals surface area contributed by atoms with Crippen molar-refractivity contribution in [2.45, 2.75) is 52.4 Å². The Labute approximate surface area is 109 Å². The molecule has 2 heteroatoms. The van der Waals surface area contributed by atoms with Crippen molar-refractivity contribution in [1.82, 2.24) is 9.97 Å². The summed E-state index contributed by atoms with van der Waals surface area (Å²) < 4.78 is 0. The van der Waals surface area contributed by atoms with Crippen LogP contribution in [0.25, 0.3) is 10.9 Å². The molecular formula is C16H22N2. The zero-order valence-electron chi connectivity index (χ0n) is 12.2. The standard InChI is InChI=1S/C16H22N2/c1-15(2,3)12-10-11-8-7-9-17-13(11)14(18-12)16(4,5)6/h7-10H,1-6H3. The lowest BCUT2D eigenvalue weighted by Crippen LogP contribution is -2.20. The van der Waals surface area contributed by atoms with Gasteiger partial charge in [-0.15, -0.1) is 0 Å². The van der Waals surface area contributed by atoms with Crippen LogP contribution in [0.5, 0.6) is 0 Å². The zero-order chi connectivity index (χ0) is 13.6. The van der Waals surface area contributed by atoms with Gasteiger partial charge in [-0.1, -0.05) is 47.6 Å². The Bertz CT molecular complexity index is 572. The van der Waals surface area contributed by atoms with Gasteiger partial charge in [0.25, 0.3) is 0 Å². The van der Waals surface area contributed by atoms with Gasteiger partial charge < -0.3 is 0 Å². The number of nitrogens with zero attached hydrogens (tertiary/aromatic N) is 2. The van der Waals surface area contributed by atoms with Crippen molar-refractivity contribution in [1.29, 1.82) is 0 Å². The molecule has 0 spiro atoms. The third kappa shape index (κ3) is 2.38. The molecule has 2 aromatic rings. The molecule has 0 saturated heterocycles. The quantitative estimate of drug-likeness (QED) is 0.691. The van der Waals surface area contributed by atoms with Gasteiger partial charge in [-0.2, -0.15) is 0 Å². The number of aromatic nitrogens is 2. The third-order valence-electron chi connectivity index (χ3n) is 3.07. The van der Waals surface area contributed by atoms with E-state index < -0.39 is 0 Å². The second-order valence-electron chi connectivity index (χ2n) is 6.93. The van der Waals surface area contributed by atoms with Crippen molar-refractivity contribution in [3.8, 4) is 0 Å². The molecule has 0 aliphatic carbocycles. The van der Waals surface area contributed by atoms with Crippen LogP contribution in [0.3, 0.4) is 0 Å². The monoisotopic (exact) mass is 242 g/mol. The summed E-state index contributed by atoms with van der Waals surface area (Å²) in [5.74, 6) is 0. The minimum Gasteiger partial charge on any atom is -0.254 e. The smallest absolute Gasteiger partial charge is 0.0922 e. The third-order valence-corrected chi connectivity index (χ3v) is 3.07. The highest BCUT2D eigenvalue weighted by Crippen LogP contribution is 2.31. The molecule has 18 heavy (non-hydrogen) atoms. The summed E-state index contributed by atoms with van der Waals surface area (Å²) in [5, 5.41) is 1.18. The minimum atomic E-state index is 0.00780. The van der Waals surface area contributed by atoms with Crippen LogP contribution in [0, 0.1) is 0 Å². The van der Waals surface area contributed by atoms with Crippen LogP contribution in [-0.4, -0.2) is 9.97 Å². The van der Waals surface area contributed by atoms with E-state index in [9.17, 15) is 0 Å². The average Bonchev–Trinajstić information content (AvgIpc) is 2.25. The topological polar surface area (TPSA) is 25.8 Å². The van der Waals surface area contributed by atoms with Crippen LogP contribution in [0.15, 0.2) is 24.4 Å². The molecule has 0 fully saturated rings. The largest absolute Gasteiger partial charge is 0.254 e. The normalized spacial score (nSPS) is 13.0. The van der Waals surface area contributed by atoms with Crippen molar-refractivity contribution in [2.75, 3.05) is 0 Å². The van der Waals surface area contributed by atoms with Gasteiger partial charge in [0, 0.05) is 28.1 Å². The zero-order valence-corrected chi connectivity index (χ0v) is 12.2. The maximum Gasteiger partial charge on any atom is 0.0922 e. The Kier molecular flexibility index (Phi) is 2.92. The number of fused-ring (bicyclic) bond motifs is 1. The van der Waals surface area contributed by atoms with E-state index in [0.717, 1.165) is 16.9 Å². The van der Waals surface area contributed by atoms with Gasteiger partial charge in [-0.05, 0) is 12.1 Å². The number of hydrogen-bond donors (Lipinski definition) is 0. The Balaban J connectivity index is 2.81. The average molecular weight is 242 g/mol. The first-order valence-electron chi connectivity index (χ1n) is 6.46. The van der Waals surface area contributed by atoms with Gasteiger partial charge in [-0.25, -0.2) is 0 Å². The molecule has 0 N–H and O–H groups in total. The predicted molar refractivity (Wildman–Crippen MR) is 76.9 cm³/mol. The fourth-order valence-corrected chi connectivity index (χ4v) is 1.99. The fourth-order valence-electron chi connectivity index (χ4n) is 1.99. The summed E-state index contributed by atoms with van der Waals surface area (Å²) in [6.45, 7) is 13.2. The van der Waals surface area contributed by atoms with Crippen LogP contribution >= 0.6 is 0 Å². The lowest BCUT2D eigenvalue weighted by molar-refractivity contribution is 0.535. The van der Waals surface area contributed by atoms with Crippen LogP contribution in [-0.2, 0) is 10.8 Å². The first kappa shape index (κ1) is 13.0. The van der Waals surface area contributed by atoms with E-state index in [0.29, 0.717) is 0 Å². The summed E-state index contributed by atoms with van der Waals surface area (Å²) >= 11 is 0. The van der Waals surface area contributed by atoms with Crippen molar-refractivity contribution in [2.24, 2.45) is 0 Å². The molecule has 2 aromatic heterocycles. The highest BCUT2D eigenvalue weighted by atomic mass is 14.8. The van der Waals surface area contributed by atoms with Gasteiger partial charge in [0.05, 0.1) is 11.2 Å². The Morgan fingerprint density at radius 1 is 0.944 bits per heavy atom. The van der Waals surface area contributed by atoms with Gasteiger partial charge in [0.15, 0.2) is 0 Å². The molecule has 0 aliphatic heterocycles. The highest BCUT2D eigenvalue weighted by molar-refractivity contribution is 5.81. The lowest BCUT2D eigenvalue weighted by atomic mass is 9.86. The molecule has 0 atom stereocenters. The molecule has 0 radical (unpaired) electrons. The maximum atomic E-state index is 4.88.